The number of hydrogen-bond acceptors (Lipinski definition) is 5. The molecule has 3 heterocycles. The van der Waals surface area contributed by atoms with E-state index in [1.807, 2.05) is 30.0 Å². The number of hydrogen-bond donors (Lipinski definition) is 1. The first-order valence-corrected chi connectivity index (χ1v) is 8.36. The zero-order valence-corrected chi connectivity index (χ0v) is 12.9. The molecule has 1 saturated heterocycles. The van der Waals surface area contributed by atoms with E-state index in [9.17, 15) is 4.79 Å². The second-order valence-electron chi connectivity index (χ2n) is 4.96. The number of nitrogens with one attached hydrogen (secondary N) is 1. The smallest absolute Gasteiger partial charge is 0.257 e. The van der Waals surface area contributed by atoms with Crippen molar-refractivity contribution in [2.45, 2.75) is 19.1 Å². The number of nitrogens with zero attached hydrogens (tertiary/aromatic N) is 2. The average molecular weight is 315 g/mol. The monoisotopic (exact) mass is 315 g/mol. The highest BCUT2D eigenvalue weighted by Gasteiger charge is 2.21. The number of rotatable bonds is 5. The number of aromatic nitrogens is 2. The van der Waals surface area contributed by atoms with Gasteiger partial charge in [-0.2, -0.15) is 11.8 Å². The number of ether oxygens (including phenoxy) is 1. The van der Waals surface area contributed by atoms with Crippen LogP contribution in [0.25, 0.3) is 0 Å². The van der Waals surface area contributed by atoms with Crippen molar-refractivity contribution in [2.75, 3.05) is 11.5 Å². The minimum Gasteiger partial charge on any atom is -0.473 e. The number of pyridine rings is 2. The Morgan fingerprint density at radius 3 is 2.95 bits per heavy atom. The summed E-state index contributed by atoms with van der Waals surface area (Å²) < 4.78 is 5.87. The first-order valence-electron chi connectivity index (χ1n) is 7.20. The maximum atomic E-state index is 12.3. The Morgan fingerprint density at radius 1 is 1.27 bits per heavy atom. The molecule has 0 unspecified atom stereocenters. The van der Waals surface area contributed by atoms with Gasteiger partial charge in [0.25, 0.3) is 5.91 Å². The van der Waals surface area contributed by atoms with Crippen molar-refractivity contribution >= 4 is 17.7 Å². The van der Waals surface area contributed by atoms with Crippen LogP contribution in [0.15, 0.2) is 42.7 Å². The quantitative estimate of drug-likeness (QED) is 0.917. The van der Waals surface area contributed by atoms with Gasteiger partial charge in [0.1, 0.15) is 11.7 Å². The van der Waals surface area contributed by atoms with Crippen LogP contribution in [0, 0.1) is 0 Å². The average Bonchev–Trinajstić information content (AvgIpc) is 3.07. The number of carbonyl (C=O) groups excluding carboxylic acids is 1. The van der Waals surface area contributed by atoms with E-state index in [0.717, 1.165) is 23.6 Å². The fraction of sp³-hybridized carbons (Fsp3) is 0.312. The Balaban J connectivity index is 1.66. The van der Waals surface area contributed by atoms with E-state index in [1.54, 1.807) is 24.5 Å². The molecule has 5 nitrogen and oxygen atoms in total. The lowest BCUT2D eigenvalue weighted by atomic mass is 10.2. The predicted molar refractivity (Wildman–Crippen MR) is 86.0 cm³/mol. The molecule has 0 saturated carbocycles. The Bertz CT molecular complexity index is 630. The van der Waals surface area contributed by atoms with Crippen molar-refractivity contribution in [3.8, 4) is 5.88 Å². The molecule has 0 spiro atoms. The molecule has 2 aromatic rings. The molecule has 2 aromatic heterocycles. The van der Waals surface area contributed by atoms with Crippen LogP contribution in [0.4, 0.5) is 0 Å². The third-order valence-corrected chi connectivity index (χ3v) is 4.47. The summed E-state index contributed by atoms with van der Waals surface area (Å²) >= 11 is 1.86. The fourth-order valence-corrected chi connectivity index (χ4v) is 3.28. The highest BCUT2D eigenvalue weighted by molar-refractivity contribution is 7.99. The molecular weight excluding hydrogens is 298 g/mol. The third-order valence-electron chi connectivity index (χ3n) is 3.34. The summed E-state index contributed by atoms with van der Waals surface area (Å²) in [6.07, 6.45) is 4.49. The third kappa shape index (κ3) is 3.76. The van der Waals surface area contributed by atoms with E-state index >= 15 is 0 Å². The van der Waals surface area contributed by atoms with Crippen LogP contribution in [0.2, 0.25) is 0 Å². The normalized spacial score (nSPS) is 17.2. The predicted octanol–water partition coefficient (Wildman–Crippen LogP) is 2.29. The van der Waals surface area contributed by atoms with Gasteiger partial charge < -0.3 is 10.1 Å². The summed E-state index contributed by atoms with van der Waals surface area (Å²) in [4.78, 5) is 20.7. The van der Waals surface area contributed by atoms with Crippen molar-refractivity contribution in [3.63, 3.8) is 0 Å². The van der Waals surface area contributed by atoms with E-state index in [4.69, 9.17) is 4.74 Å². The summed E-state index contributed by atoms with van der Waals surface area (Å²) in [5.41, 5.74) is 1.28. The molecule has 0 radical (unpaired) electrons. The second kappa shape index (κ2) is 7.26. The van der Waals surface area contributed by atoms with E-state index in [1.165, 1.54) is 0 Å². The summed E-state index contributed by atoms with van der Waals surface area (Å²) in [5, 5.41) is 2.85. The van der Waals surface area contributed by atoms with Crippen LogP contribution in [0.1, 0.15) is 22.5 Å². The highest BCUT2D eigenvalue weighted by Crippen LogP contribution is 2.24. The maximum absolute atomic E-state index is 12.3. The Kier molecular flexibility index (Phi) is 4.90. The Labute approximate surface area is 133 Å². The van der Waals surface area contributed by atoms with Gasteiger partial charge in [-0.3, -0.25) is 9.78 Å². The lowest BCUT2D eigenvalue weighted by Crippen LogP contribution is -2.25. The summed E-state index contributed by atoms with van der Waals surface area (Å²) in [6.45, 7) is 0.382. The number of carbonyl (C=O) groups is 1. The molecule has 114 valence electrons. The molecule has 0 aromatic carbocycles. The van der Waals surface area contributed by atoms with Gasteiger partial charge in [0.05, 0.1) is 12.2 Å². The van der Waals surface area contributed by atoms with Crippen LogP contribution in [0.3, 0.4) is 0 Å². The van der Waals surface area contributed by atoms with Crippen molar-refractivity contribution in [1.29, 1.82) is 0 Å². The maximum Gasteiger partial charge on any atom is 0.257 e. The lowest BCUT2D eigenvalue weighted by Gasteiger charge is -2.14. The molecule has 6 heteroatoms. The molecule has 1 aliphatic rings. The first-order chi connectivity index (χ1) is 10.8. The molecule has 0 aliphatic carbocycles. The highest BCUT2D eigenvalue weighted by atomic mass is 32.2. The zero-order valence-electron chi connectivity index (χ0n) is 12.1. The van der Waals surface area contributed by atoms with E-state index < -0.39 is 0 Å². The number of amides is 1. The number of thioether (sulfide) groups is 1. The largest absolute Gasteiger partial charge is 0.473 e. The van der Waals surface area contributed by atoms with Gasteiger partial charge >= 0.3 is 0 Å². The topological polar surface area (TPSA) is 64.1 Å². The van der Waals surface area contributed by atoms with Gasteiger partial charge in [0.15, 0.2) is 0 Å². The van der Waals surface area contributed by atoms with Gasteiger partial charge in [-0.15, -0.1) is 0 Å². The lowest BCUT2D eigenvalue weighted by molar-refractivity contribution is 0.0942. The minimum absolute atomic E-state index is 0.141. The molecule has 1 amide bonds. The molecule has 0 bridgehead atoms. The zero-order chi connectivity index (χ0) is 15.2. The Hall–Kier alpha value is -2.08. The van der Waals surface area contributed by atoms with Crippen LogP contribution in [-0.4, -0.2) is 33.5 Å². The van der Waals surface area contributed by atoms with Crippen molar-refractivity contribution in [2.24, 2.45) is 0 Å². The molecular formula is C16H17N3O2S. The van der Waals surface area contributed by atoms with E-state index in [0.29, 0.717) is 18.0 Å². The van der Waals surface area contributed by atoms with Crippen LogP contribution in [0.5, 0.6) is 5.88 Å². The molecule has 1 atom stereocenters. The standard InChI is InChI=1S/C16H17N3O2S/c20-15(19-10-12-4-1-2-7-17-12)14-5-3-8-18-16(14)21-13-6-9-22-11-13/h1-5,7-8,13H,6,9-11H2,(H,19,20)/t13-/m0/s1. The van der Waals surface area contributed by atoms with Gasteiger partial charge in [0, 0.05) is 18.1 Å². The van der Waals surface area contributed by atoms with Gasteiger partial charge in [-0.05, 0) is 36.4 Å². The van der Waals surface area contributed by atoms with E-state index in [-0.39, 0.29) is 12.0 Å². The first kappa shape index (κ1) is 14.8. The SMILES string of the molecule is O=C(NCc1ccccn1)c1cccnc1O[C@H]1CCSC1. The summed E-state index contributed by atoms with van der Waals surface area (Å²) in [7, 11) is 0. The molecule has 22 heavy (non-hydrogen) atoms. The summed E-state index contributed by atoms with van der Waals surface area (Å²) in [6, 6.07) is 9.09. The minimum atomic E-state index is -0.195. The van der Waals surface area contributed by atoms with Gasteiger partial charge in [-0.25, -0.2) is 4.98 Å². The molecule has 1 aliphatic heterocycles. The molecule has 1 fully saturated rings. The van der Waals surface area contributed by atoms with Crippen molar-refractivity contribution < 1.29 is 9.53 Å². The second-order valence-corrected chi connectivity index (χ2v) is 6.11. The van der Waals surface area contributed by atoms with Gasteiger partial charge in [-0.1, -0.05) is 6.07 Å². The van der Waals surface area contributed by atoms with Crippen LogP contribution < -0.4 is 10.1 Å². The van der Waals surface area contributed by atoms with Crippen molar-refractivity contribution in [3.05, 3.63) is 54.0 Å². The van der Waals surface area contributed by atoms with Gasteiger partial charge in [0.2, 0.25) is 5.88 Å². The van der Waals surface area contributed by atoms with Crippen molar-refractivity contribution in [1.82, 2.24) is 15.3 Å². The van der Waals surface area contributed by atoms with Crippen LogP contribution >= 0.6 is 11.8 Å². The van der Waals surface area contributed by atoms with Crippen LogP contribution in [-0.2, 0) is 6.54 Å². The summed E-state index contributed by atoms with van der Waals surface area (Å²) in [5.74, 6) is 2.26. The fourth-order valence-electron chi connectivity index (χ4n) is 2.19. The Morgan fingerprint density at radius 2 is 2.18 bits per heavy atom. The van der Waals surface area contributed by atoms with E-state index in [2.05, 4.69) is 15.3 Å². The molecule has 1 N–H and O–H groups in total. The molecule has 3 rings (SSSR count).